The molecule has 2 aromatic carbocycles. The number of carbonyl (C=O) groups is 1. The summed E-state index contributed by atoms with van der Waals surface area (Å²) in [6, 6.07) is 20.9. The van der Waals surface area contributed by atoms with Gasteiger partial charge >= 0.3 is 6.09 Å². The topological polar surface area (TPSA) is 50.8 Å². The molecule has 0 radical (unpaired) electrons. The van der Waals surface area contributed by atoms with Crippen LogP contribution in [0, 0.1) is 0 Å². The number of nitrogens with one attached hydrogen (secondary N) is 1. The molecule has 1 amide bonds. The van der Waals surface area contributed by atoms with Gasteiger partial charge in [0.2, 0.25) is 0 Å². The monoisotopic (exact) mass is 484 g/mol. The number of carbonyl (C=O) groups excluding carboxylic acids is 1. The first-order valence-electron chi connectivity index (χ1n) is 12.4. The summed E-state index contributed by atoms with van der Waals surface area (Å²) in [7, 11) is -2.74. The van der Waals surface area contributed by atoms with Gasteiger partial charge in [-0.15, -0.1) is 0 Å². The highest BCUT2D eigenvalue weighted by Crippen LogP contribution is 2.40. The Kier molecular flexibility index (Phi) is 7.75. The highest BCUT2D eigenvalue weighted by Gasteiger charge is 2.52. The fourth-order valence-electron chi connectivity index (χ4n) is 5.28. The highest BCUT2D eigenvalue weighted by atomic mass is 28.4. The van der Waals surface area contributed by atoms with Gasteiger partial charge < -0.3 is 19.4 Å². The minimum absolute atomic E-state index is 0.160. The Balaban J connectivity index is 1.53. The van der Waals surface area contributed by atoms with Crippen molar-refractivity contribution < 1.29 is 18.3 Å². The number of benzene rings is 2. The number of ether oxygens (including phenoxy) is 1. The van der Waals surface area contributed by atoms with Crippen LogP contribution in [0.25, 0.3) is 0 Å². The van der Waals surface area contributed by atoms with Crippen molar-refractivity contribution in [2.75, 3.05) is 26.2 Å². The van der Waals surface area contributed by atoms with E-state index in [1.807, 2.05) is 12.1 Å². The summed E-state index contributed by atoms with van der Waals surface area (Å²) >= 11 is 0. The summed E-state index contributed by atoms with van der Waals surface area (Å²) in [5, 5.41) is 5.43. The van der Waals surface area contributed by atoms with Crippen LogP contribution in [0.2, 0.25) is 5.04 Å². The number of piperazine rings is 1. The van der Waals surface area contributed by atoms with Gasteiger partial charge in [-0.3, -0.25) is 0 Å². The summed E-state index contributed by atoms with van der Waals surface area (Å²) in [6.07, 6.45) is -1.18. The van der Waals surface area contributed by atoms with Crippen molar-refractivity contribution in [3.63, 3.8) is 0 Å². The summed E-state index contributed by atoms with van der Waals surface area (Å²) in [4.78, 5) is 14.2. The van der Waals surface area contributed by atoms with Gasteiger partial charge in [0, 0.05) is 38.7 Å². The van der Waals surface area contributed by atoms with Crippen LogP contribution in [-0.4, -0.2) is 63.9 Å². The van der Waals surface area contributed by atoms with Gasteiger partial charge in [-0.25, -0.2) is 9.18 Å². The van der Waals surface area contributed by atoms with Gasteiger partial charge in [0.05, 0.1) is 0 Å². The molecule has 1 N–H and O–H groups in total. The maximum absolute atomic E-state index is 15.3. The van der Waals surface area contributed by atoms with Gasteiger partial charge in [-0.2, -0.15) is 0 Å². The predicted molar refractivity (Wildman–Crippen MR) is 136 cm³/mol. The quantitative estimate of drug-likeness (QED) is 0.655. The lowest BCUT2D eigenvalue weighted by atomic mass is 9.93. The standard InChI is InChI=1S/C27H37FN2O3Si/c1-27(2,3)34(22-10-6-4-7-11-22,23-12-8-5-9-13-23)33-21-14-15-25(24(28)20-21)32-26(31)30-18-16-29-17-19-30/h4-13,21,24-25,29H,14-20H2,1-3H3. The molecule has 0 aromatic heterocycles. The number of rotatable bonds is 5. The van der Waals surface area contributed by atoms with E-state index in [1.54, 1.807) is 4.90 Å². The summed E-state index contributed by atoms with van der Waals surface area (Å²) in [6.45, 7) is 9.37. The molecule has 34 heavy (non-hydrogen) atoms. The van der Waals surface area contributed by atoms with Crippen LogP contribution >= 0.6 is 0 Å². The van der Waals surface area contributed by atoms with Gasteiger partial charge in [0.25, 0.3) is 8.32 Å². The van der Waals surface area contributed by atoms with E-state index in [-0.39, 0.29) is 17.6 Å². The Morgan fingerprint density at radius 3 is 2.03 bits per heavy atom. The molecule has 1 saturated carbocycles. The van der Waals surface area contributed by atoms with Gasteiger partial charge in [0.1, 0.15) is 12.3 Å². The molecule has 2 fully saturated rings. The zero-order chi connectivity index (χ0) is 24.2. The molecule has 1 aliphatic heterocycles. The Bertz CT molecular complexity index is 892. The van der Waals surface area contributed by atoms with Crippen LogP contribution in [0.15, 0.2) is 60.7 Å². The number of halogens is 1. The van der Waals surface area contributed by atoms with Crippen LogP contribution < -0.4 is 15.7 Å². The summed E-state index contributed by atoms with van der Waals surface area (Å²) in [5.41, 5.74) is 0. The van der Waals surface area contributed by atoms with Gasteiger partial charge in [0.15, 0.2) is 0 Å². The molecule has 7 heteroatoms. The number of hydrogen-bond donors (Lipinski definition) is 1. The maximum atomic E-state index is 15.3. The molecule has 2 aromatic rings. The third kappa shape index (κ3) is 5.21. The van der Waals surface area contributed by atoms with Crippen molar-refractivity contribution >= 4 is 24.8 Å². The molecule has 0 bridgehead atoms. The zero-order valence-corrected chi connectivity index (χ0v) is 21.5. The molecule has 1 heterocycles. The van der Waals surface area contributed by atoms with Crippen LogP contribution in [0.3, 0.4) is 0 Å². The molecule has 2 aliphatic rings. The van der Waals surface area contributed by atoms with E-state index in [9.17, 15) is 4.79 Å². The van der Waals surface area contributed by atoms with Gasteiger partial charge in [-0.1, -0.05) is 81.4 Å². The van der Waals surface area contributed by atoms with Crippen molar-refractivity contribution in [1.29, 1.82) is 0 Å². The third-order valence-corrected chi connectivity index (χ3v) is 12.1. The lowest BCUT2D eigenvalue weighted by Crippen LogP contribution is -2.68. The van der Waals surface area contributed by atoms with Crippen molar-refractivity contribution in [2.45, 2.75) is 63.5 Å². The average molecular weight is 485 g/mol. The predicted octanol–water partition coefficient (Wildman–Crippen LogP) is 3.86. The van der Waals surface area contributed by atoms with Crippen molar-refractivity contribution in [3.8, 4) is 0 Å². The second-order valence-electron chi connectivity index (χ2n) is 10.4. The zero-order valence-electron chi connectivity index (χ0n) is 20.5. The number of nitrogens with zero attached hydrogens (tertiary/aromatic N) is 1. The number of hydrogen-bond acceptors (Lipinski definition) is 4. The molecular formula is C27H37FN2O3Si. The van der Waals surface area contributed by atoms with E-state index in [0.29, 0.717) is 25.9 Å². The van der Waals surface area contributed by atoms with Crippen LogP contribution in [0.1, 0.15) is 40.0 Å². The van der Waals surface area contributed by atoms with E-state index >= 15 is 4.39 Å². The molecule has 1 saturated heterocycles. The fourth-order valence-corrected chi connectivity index (χ4v) is 10.0. The molecule has 4 rings (SSSR count). The molecule has 5 nitrogen and oxygen atoms in total. The Labute approximate surface area is 203 Å². The largest absolute Gasteiger partial charge is 0.443 e. The molecule has 184 valence electrons. The highest BCUT2D eigenvalue weighted by molar-refractivity contribution is 6.99. The van der Waals surface area contributed by atoms with Crippen LogP contribution in [0.4, 0.5) is 9.18 Å². The first-order valence-corrected chi connectivity index (χ1v) is 14.3. The summed E-state index contributed by atoms with van der Waals surface area (Å²) < 4.78 is 28.0. The van der Waals surface area contributed by atoms with Gasteiger partial charge in [-0.05, 0) is 28.3 Å². The van der Waals surface area contributed by atoms with E-state index in [4.69, 9.17) is 9.16 Å². The van der Waals surface area contributed by atoms with E-state index < -0.39 is 26.7 Å². The van der Waals surface area contributed by atoms with E-state index in [0.717, 1.165) is 13.1 Å². The lowest BCUT2D eigenvalue weighted by Gasteiger charge is -2.46. The average Bonchev–Trinajstić information content (AvgIpc) is 2.85. The number of alkyl halides is 1. The molecule has 1 aliphatic carbocycles. The van der Waals surface area contributed by atoms with Crippen LogP contribution in [-0.2, 0) is 9.16 Å². The summed E-state index contributed by atoms with van der Waals surface area (Å²) in [5.74, 6) is 0. The molecule has 3 atom stereocenters. The van der Waals surface area contributed by atoms with E-state index in [2.05, 4.69) is 74.6 Å². The second kappa shape index (κ2) is 10.6. The Morgan fingerprint density at radius 2 is 1.53 bits per heavy atom. The normalized spacial score (nSPS) is 24.0. The Morgan fingerprint density at radius 1 is 0.971 bits per heavy atom. The SMILES string of the molecule is CC(C)(C)[Si](OC1CCC(OC(=O)N2CCNCC2)C(F)C1)(c1ccccc1)c1ccccc1. The minimum Gasteiger partial charge on any atom is -0.443 e. The van der Waals surface area contributed by atoms with Crippen molar-refractivity contribution in [2.24, 2.45) is 0 Å². The number of amides is 1. The molecule has 0 spiro atoms. The lowest BCUT2D eigenvalue weighted by molar-refractivity contribution is -0.0279. The Hall–Kier alpha value is -2.22. The smallest absolute Gasteiger partial charge is 0.410 e. The maximum Gasteiger partial charge on any atom is 0.410 e. The van der Waals surface area contributed by atoms with E-state index in [1.165, 1.54) is 10.4 Å². The van der Waals surface area contributed by atoms with Crippen molar-refractivity contribution in [1.82, 2.24) is 10.2 Å². The van der Waals surface area contributed by atoms with Crippen LogP contribution in [0.5, 0.6) is 0 Å². The van der Waals surface area contributed by atoms with Crippen molar-refractivity contribution in [3.05, 3.63) is 60.7 Å². The second-order valence-corrected chi connectivity index (χ2v) is 14.6. The minimum atomic E-state index is -2.74. The fraction of sp³-hybridized carbons (Fsp3) is 0.519. The molecule has 3 unspecified atom stereocenters. The first-order chi connectivity index (χ1) is 16.3. The molecular weight excluding hydrogens is 447 g/mol. The third-order valence-electron chi connectivity index (χ3n) is 7.05. The first kappa shape index (κ1) is 24.9.